The zero-order chi connectivity index (χ0) is 20.5. The first-order valence-corrected chi connectivity index (χ1v) is 9.55. The maximum absolute atomic E-state index is 12.0. The Kier molecular flexibility index (Phi) is 5.95. The van der Waals surface area contributed by atoms with Gasteiger partial charge in [-0.2, -0.15) is 0 Å². The van der Waals surface area contributed by atoms with Crippen LogP contribution in [-0.2, 0) is 14.1 Å². The first-order chi connectivity index (χ1) is 13.1. The highest BCUT2D eigenvalue weighted by atomic mass is 16.7. The Balaban J connectivity index is 1.60. The summed E-state index contributed by atoms with van der Waals surface area (Å²) in [5.74, 6) is -0.493. The molecular weight excluding hydrogens is 365 g/mol. The van der Waals surface area contributed by atoms with Gasteiger partial charge in [-0.15, -0.1) is 0 Å². The van der Waals surface area contributed by atoms with Crippen LogP contribution >= 0.6 is 0 Å². The van der Waals surface area contributed by atoms with Crippen LogP contribution < -0.4 is 10.2 Å². The van der Waals surface area contributed by atoms with E-state index in [-0.39, 0.29) is 12.1 Å². The highest BCUT2D eigenvalue weighted by Gasteiger charge is 2.52. The molecule has 28 heavy (non-hydrogen) atoms. The maximum atomic E-state index is 12.0. The fraction of sp³-hybridized carbons (Fsp3) is 0.722. The Labute approximate surface area is 165 Å². The normalized spacial score (nSPS) is 24.9. The summed E-state index contributed by atoms with van der Waals surface area (Å²) in [6, 6.07) is 0.210. The number of carbonyl (C=O) groups excluding carboxylic acids is 1. The molecule has 1 aromatic rings. The molecule has 3 rings (SSSR count). The number of carbonyl (C=O) groups is 1. The molecule has 0 aromatic carbocycles. The lowest BCUT2D eigenvalue weighted by molar-refractivity contribution is -0.144. The van der Waals surface area contributed by atoms with Crippen LogP contribution in [-0.4, -0.2) is 81.2 Å². The largest absolute Gasteiger partial charge is 0.498 e. The number of nitrogens with zero attached hydrogens (tertiary/aromatic N) is 3. The van der Waals surface area contributed by atoms with Crippen LogP contribution in [0.3, 0.4) is 0 Å². The molecular formula is C18H28BN3O6. The summed E-state index contributed by atoms with van der Waals surface area (Å²) in [5, 5.41) is 18.5. The number of rotatable bonds is 5. The SMILES string of the molecule is CC1(C)OB(c2cnc(O[C@@H]3CCCN(C(=O)[C@@H](O)CO)C3)nc2)OC1(C)C. The highest BCUT2D eigenvalue weighted by Crippen LogP contribution is 2.36. The highest BCUT2D eigenvalue weighted by molar-refractivity contribution is 6.61. The number of aromatic nitrogens is 2. The van der Waals surface area contributed by atoms with E-state index in [1.165, 1.54) is 4.90 Å². The van der Waals surface area contributed by atoms with Crippen molar-refractivity contribution in [3.8, 4) is 6.01 Å². The van der Waals surface area contributed by atoms with E-state index < -0.39 is 36.9 Å². The third-order valence-corrected chi connectivity index (χ3v) is 5.59. The van der Waals surface area contributed by atoms with Gasteiger partial charge in [0, 0.05) is 24.4 Å². The number of aliphatic hydroxyl groups excluding tert-OH is 2. The monoisotopic (exact) mass is 393 g/mol. The van der Waals surface area contributed by atoms with Gasteiger partial charge in [-0.1, -0.05) is 0 Å². The zero-order valence-corrected chi connectivity index (χ0v) is 16.8. The van der Waals surface area contributed by atoms with E-state index in [1.807, 2.05) is 27.7 Å². The van der Waals surface area contributed by atoms with E-state index in [0.29, 0.717) is 18.6 Å². The molecule has 3 heterocycles. The second-order valence-corrected chi connectivity index (χ2v) is 8.25. The summed E-state index contributed by atoms with van der Waals surface area (Å²) in [6.07, 6.45) is 3.06. The Bertz CT molecular complexity index is 683. The van der Waals surface area contributed by atoms with E-state index in [9.17, 15) is 9.90 Å². The van der Waals surface area contributed by atoms with Crippen molar-refractivity contribution >= 4 is 18.5 Å². The van der Waals surface area contributed by atoms with E-state index in [1.54, 1.807) is 12.4 Å². The van der Waals surface area contributed by atoms with Crippen LogP contribution in [0.1, 0.15) is 40.5 Å². The van der Waals surface area contributed by atoms with Gasteiger partial charge in [0.2, 0.25) is 0 Å². The summed E-state index contributed by atoms with van der Waals surface area (Å²) in [4.78, 5) is 22.0. The predicted octanol–water partition coefficient (Wildman–Crippen LogP) is -0.501. The lowest BCUT2D eigenvalue weighted by atomic mass is 9.81. The first-order valence-electron chi connectivity index (χ1n) is 9.55. The second-order valence-electron chi connectivity index (χ2n) is 8.25. The van der Waals surface area contributed by atoms with E-state index in [0.717, 1.165) is 12.8 Å². The number of amides is 1. The van der Waals surface area contributed by atoms with Gasteiger partial charge in [0.15, 0.2) is 6.10 Å². The Morgan fingerprint density at radius 2 is 1.93 bits per heavy atom. The Morgan fingerprint density at radius 3 is 2.50 bits per heavy atom. The maximum Gasteiger partial charge on any atom is 0.498 e. The summed E-state index contributed by atoms with van der Waals surface area (Å²) in [7, 11) is -0.540. The standard InChI is InChI=1S/C18H28BN3O6/c1-17(2)18(3,4)28-19(27-17)12-8-20-16(21-9-12)26-13-6-5-7-22(10-13)15(25)14(24)11-23/h8-9,13-14,23-24H,5-7,10-11H2,1-4H3/t13-,14+/m1/s1. The molecule has 2 aliphatic rings. The molecule has 2 N–H and O–H groups in total. The second kappa shape index (κ2) is 7.94. The molecule has 0 aliphatic carbocycles. The number of ether oxygens (including phenoxy) is 1. The summed E-state index contributed by atoms with van der Waals surface area (Å²) in [6.45, 7) is 8.18. The van der Waals surface area contributed by atoms with E-state index in [4.69, 9.17) is 19.2 Å². The molecule has 0 unspecified atom stereocenters. The van der Waals surface area contributed by atoms with Crippen molar-refractivity contribution in [1.29, 1.82) is 0 Å². The minimum atomic E-state index is -1.39. The van der Waals surface area contributed by atoms with Crippen LogP contribution in [0.2, 0.25) is 0 Å². The van der Waals surface area contributed by atoms with Crippen molar-refractivity contribution in [2.24, 2.45) is 0 Å². The molecule has 0 radical (unpaired) electrons. The van der Waals surface area contributed by atoms with Gasteiger partial charge in [0.05, 0.1) is 24.4 Å². The molecule has 0 bridgehead atoms. The third kappa shape index (κ3) is 4.30. The molecule has 0 saturated carbocycles. The zero-order valence-electron chi connectivity index (χ0n) is 16.8. The average Bonchev–Trinajstić information content (AvgIpc) is 2.88. The molecule has 2 saturated heterocycles. The predicted molar refractivity (Wildman–Crippen MR) is 101 cm³/mol. The van der Waals surface area contributed by atoms with Crippen LogP contribution in [0.5, 0.6) is 6.01 Å². The summed E-state index contributed by atoms with van der Waals surface area (Å²) < 4.78 is 17.8. The van der Waals surface area contributed by atoms with Gasteiger partial charge in [-0.05, 0) is 40.5 Å². The van der Waals surface area contributed by atoms with Crippen molar-refractivity contribution in [3.63, 3.8) is 0 Å². The third-order valence-electron chi connectivity index (χ3n) is 5.59. The fourth-order valence-electron chi connectivity index (χ4n) is 3.16. The van der Waals surface area contributed by atoms with Crippen molar-refractivity contribution in [2.45, 2.75) is 63.9 Å². The Morgan fingerprint density at radius 1 is 1.32 bits per heavy atom. The van der Waals surface area contributed by atoms with Gasteiger partial charge in [0.25, 0.3) is 5.91 Å². The molecule has 2 fully saturated rings. The number of aliphatic hydroxyl groups is 2. The van der Waals surface area contributed by atoms with Crippen molar-refractivity contribution in [1.82, 2.24) is 14.9 Å². The van der Waals surface area contributed by atoms with Crippen molar-refractivity contribution < 1.29 is 29.1 Å². The topological polar surface area (TPSA) is 114 Å². The number of likely N-dealkylation sites (tertiary alicyclic amines) is 1. The van der Waals surface area contributed by atoms with E-state index in [2.05, 4.69) is 9.97 Å². The van der Waals surface area contributed by atoms with Gasteiger partial charge in [-0.25, -0.2) is 9.97 Å². The molecule has 10 heteroatoms. The molecule has 154 valence electrons. The van der Waals surface area contributed by atoms with Crippen molar-refractivity contribution in [2.75, 3.05) is 19.7 Å². The average molecular weight is 393 g/mol. The minimum Gasteiger partial charge on any atom is -0.458 e. The molecule has 2 atom stereocenters. The number of piperidine rings is 1. The van der Waals surface area contributed by atoms with Crippen LogP contribution in [0.4, 0.5) is 0 Å². The summed E-state index contributed by atoms with van der Waals surface area (Å²) in [5.41, 5.74) is -0.175. The lowest BCUT2D eigenvalue weighted by Crippen LogP contribution is -2.49. The van der Waals surface area contributed by atoms with Crippen molar-refractivity contribution in [3.05, 3.63) is 12.4 Å². The number of hydrogen-bond acceptors (Lipinski definition) is 8. The number of hydrogen-bond donors (Lipinski definition) is 2. The van der Waals surface area contributed by atoms with Gasteiger partial charge in [0.1, 0.15) is 6.10 Å². The molecule has 2 aliphatic heterocycles. The lowest BCUT2D eigenvalue weighted by Gasteiger charge is -2.33. The van der Waals surface area contributed by atoms with Gasteiger partial charge in [-0.3, -0.25) is 4.79 Å². The minimum absolute atomic E-state index is 0.210. The van der Waals surface area contributed by atoms with Crippen LogP contribution in [0.15, 0.2) is 12.4 Å². The molecule has 1 amide bonds. The first kappa shape index (κ1) is 21.0. The van der Waals surface area contributed by atoms with E-state index >= 15 is 0 Å². The summed E-state index contributed by atoms with van der Waals surface area (Å²) >= 11 is 0. The van der Waals surface area contributed by atoms with Crippen LogP contribution in [0.25, 0.3) is 0 Å². The van der Waals surface area contributed by atoms with Gasteiger partial charge < -0.3 is 29.2 Å². The molecule has 9 nitrogen and oxygen atoms in total. The Hall–Kier alpha value is -1.75. The fourth-order valence-corrected chi connectivity index (χ4v) is 3.16. The molecule has 1 aromatic heterocycles. The van der Waals surface area contributed by atoms with Crippen LogP contribution in [0, 0.1) is 0 Å². The van der Waals surface area contributed by atoms with Gasteiger partial charge >= 0.3 is 13.1 Å². The molecule has 0 spiro atoms. The smallest absolute Gasteiger partial charge is 0.458 e. The quantitative estimate of drug-likeness (QED) is 0.644.